The fourth-order valence-corrected chi connectivity index (χ4v) is 5.48. The maximum Gasteiger partial charge on any atom is 0.408 e. The first kappa shape index (κ1) is 30.0. The fraction of sp³-hybridized carbons (Fsp3) is 0.281. The number of hydrogen-bond donors (Lipinski definition) is 3. The summed E-state index contributed by atoms with van der Waals surface area (Å²) in [5.74, 6) is 0. The molecular formula is C32H31F3N7O3+. The zero-order chi connectivity index (χ0) is 31.6. The Hall–Kier alpha value is -5.04. The Morgan fingerprint density at radius 2 is 1.82 bits per heavy atom. The standard InChI is InChI=1S/C32H30F3N7O3/c33-32(34,35)19-42-30(43)26(21-6-9-27(23(13-21)15-36)39-29-3-1-2-12-45-29)14-28(40-42)20-4-7-25(8-5-20)38-31(44)41-17-22-10-11-37-16-24(22)18-41/h4-11,13-16,29,36,39H,1-3,12,17-19H2,(H,38,44)/p+1. The topological polar surface area (TPSA) is 127 Å². The van der Waals surface area contributed by atoms with E-state index in [9.17, 15) is 22.8 Å². The fourth-order valence-electron chi connectivity index (χ4n) is 5.48. The van der Waals surface area contributed by atoms with Crippen molar-refractivity contribution in [1.29, 1.82) is 0 Å². The largest absolute Gasteiger partial charge is 0.408 e. The van der Waals surface area contributed by atoms with E-state index >= 15 is 0 Å². The summed E-state index contributed by atoms with van der Waals surface area (Å²) in [7, 11) is 0. The SMILES string of the molecule is [NH2+]=Cc1cc(-c2cc(-c3ccc(NC(=O)N4Cc5ccncc5C4)cc3)nn(CC(F)(F)F)c2=O)ccc1NC1CCCCO1. The predicted octanol–water partition coefficient (Wildman–Crippen LogP) is 4.20. The molecule has 4 aromatic rings. The van der Waals surface area contributed by atoms with Gasteiger partial charge in [-0.3, -0.25) is 15.2 Å². The summed E-state index contributed by atoms with van der Waals surface area (Å²) in [5, 5.41) is 16.1. The number of alkyl halides is 3. The summed E-state index contributed by atoms with van der Waals surface area (Å²) in [6.45, 7) is -0.00261. The van der Waals surface area contributed by atoms with E-state index in [4.69, 9.17) is 10.1 Å². The third-order valence-electron chi connectivity index (χ3n) is 7.79. The number of benzene rings is 2. The molecule has 2 aromatic heterocycles. The molecular weight excluding hydrogens is 587 g/mol. The number of halogens is 3. The smallest absolute Gasteiger partial charge is 0.359 e. The highest BCUT2D eigenvalue weighted by molar-refractivity contribution is 5.90. The molecule has 0 spiro atoms. The van der Waals surface area contributed by atoms with Gasteiger partial charge in [-0.05, 0) is 72.4 Å². The molecule has 2 aliphatic heterocycles. The molecule has 6 rings (SSSR count). The second-order valence-electron chi connectivity index (χ2n) is 11.0. The molecule has 2 amide bonds. The van der Waals surface area contributed by atoms with Gasteiger partial charge in [-0.25, -0.2) is 9.48 Å². The Morgan fingerprint density at radius 3 is 2.53 bits per heavy atom. The number of anilines is 2. The van der Waals surface area contributed by atoms with Gasteiger partial charge in [0.1, 0.15) is 12.8 Å². The van der Waals surface area contributed by atoms with Crippen molar-refractivity contribution in [1.82, 2.24) is 19.7 Å². The lowest BCUT2D eigenvalue weighted by molar-refractivity contribution is -0.143. The molecule has 13 heteroatoms. The number of amides is 2. The minimum absolute atomic E-state index is 0.0354. The van der Waals surface area contributed by atoms with Gasteiger partial charge in [0, 0.05) is 49.0 Å². The van der Waals surface area contributed by atoms with Crippen molar-refractivity contribution in [3.8, 4) is 22.4 Å². The van der Waals surface area contributed by atoms with Gasteiger partial charge in [-0.1, -0.05) is 18.2 Å². The van der Waals surface area contributed by atoms with E-state index in [1.165, 1.54) is 12.3 Å². The van der Waals surface area contributed by atoms with Crippen LogP contribution in [0.1, 0.15) is 36.0 Å². The highest BCUT2D eigenvalue weighted by atomic mass is 19.4. The number of nitrogens with two attached hydrogens (primary N) is 1. The molecule has 1 fully saturated rings. The Bertz CT molecular complexity index is 1760. The Labute approximate surface area is 256 Å². The highest BCUT2D eigenvalue weighted by Crippen LogP contribution is 2.29. The third kappa shape index (κ3) is 6.88. The minimum Gasteiger partial charge on any atom is -0.359 e. The average molecular weight is 619 g/mol. The monoisotopic (exact) mass is 618 g/mol. The van der Waals surface area contributed by atoms with E-state index in [0.29, 0.717) is 52.4 Å². The van der Waals surface area contributed by atoms with E-state index in [2.05, 4.69) is 20.7 Å². The van der Waals surface area contributed by atoms with Crippen LogP contribution in [0.3, 0.4) is 0 Å². The number of fused-ring (bicyclic) bond motifs is 1. The predicted molar refractivity (Wildman–Crippen MR) is 162 cm³/mol. The van der Waals surface area contributed by atoms with Crippen molar-refractivity contribution in [2.75, 3.05) is 17.2 Å². The van der Waals surface area contributed by atoms with Crippen LogP contribution in [0.4, 0.5) is 29.3 Å². The molecule has 0 bridgehead atoms. The third-order valence-corrected chi connectivity index (χ3v) is 7.79. The molecule has 0 saturated carbocycles. The number of rotatable bonds is 7. The molecule has 1 atom stereocenters. The van der Waals surface area contributed by atoms with Crippen LogP contribution in [-0.4, -0.2) is 50.9 Å². The summed E-state index contributed by atoms with van der Waals surface area (Å²) in [6, 6.07) is 14.6. The Morgan fingerprint density at radius 1 is 1.04 bits per heavy atom. The van der Waals surface area contributed by atoms with E-state index in [0.717, 1.165) is 30.4 Å². The molecule has 1 saturated heterocycles. The lowest BCUT2D eigenvalue weighted by Crippen LogP contribution is -2.32. The lowest BCUT2D eigenvalue weighted by Gasteiger charge is -2.25. The van der Waals surface area contributed by atoms with Crippen molar-refractivity contribution in [3.63, 3.8) is 0 Å². The van der Waals surface area contributed by atoms with Gasteiger partial charge >= 0.3 is 12.2 Å². The van der Waals surface area contributed by atoms with Gasteiger partial charge in [-0.2, -0.15) is 18.3 Å². The van der Waals surface area contributed by atoms with Crippen LogP contribution in [0, 0.1) is 0 Å². The average Bonchev–Trinajstić information content (AvgIpc) is 3.47. The summed E-state index contributed by atoms with van der Waals surface area (Å²) < 4.78 is 46.6. The molecule has 45 heavy (non-hydrogen) atoms. The van der Waals surface area contributed by atoms with Crippen LogP contribution < -0.4 is 21.6 Å². The number of hydrogen-bond acceptors (Lipinski definition) is 6. The van der Waals surface area contributed by atoms with Crippen LogP contribution in [0.15, 0.2) is 71.8 Å². The van der Waals surface area contributed by atoms with Crippen molar-refractivity contribution in [2.45, 2.75) is 51.3 Å². The Balaban J connectivity index is 1.27. The minimum atomic E-state index is -4.67. The van der Waals surface area contributed by atoms with Crippen LogP contribution in [0.2, 0.25) is 0 Å². The zero-order valence-electron chi connectivity index (χ0n) is 24.2. The number of aromatic nitrogens is 3. The van der Waals surface area contributed by atoms with Gasteiger partial charge in [0.2, 0.25) is 0 Å². The number of pyridine rings is 1. The van der Waals surface area contributed by atoms with Crippen molar-refractivity contribution in [3.05, 3.63) is 94.0 Å². The van der Waals surface area contributed by atoms with E-state index in [-0.39, 0.29) is 23.5 Å². The van der Waals surface area contributed by atoms with Crippen LogP contribution in [0.25, 0.3) is 22.4 Å². The number of nitrogens with zero attached hydrogens (tertiary/aromatic N) is 4. The summed E-state index contributed by atoms with van der Waals surface area (Å²) in [5.41, 5.74) is 3.92. The molecule has 4 N–H and O–H groups in total. The molecule has 232 valence electrons. The lowest BCUT2D eigenvalue weighted by atomic mass is 10.0. The van der Waals surface area contributed by atoms with E-state index in [1.54, 1.807) is 59.8 Å². The first-order valence-corrected chi connectivity index (χ1v) is 14.5. The first-order valence-electron chi connectivity index (χ1n) is 14.5. The maximum atomic E-state index is 13.5. The molecule has 0 radical (unpaired) electrons. The second kappa shape index (κ2) is 12.5. The van der Waals surface area contributed by atoms with Crippen LogP contribution >= 0.6 is 0 Å². The van der Waals surface area contributed by atoms with Crippen LogP contribution in [0.5, 0.6) is 0 Å². The molecule has 4 heterocycles. The number of nitrogens with one attached hydrogen (secondary N) is 2. The van der Waals surface area contributed by atoms with Crippen molar-refractivity contribution < 1.29 is 28.1 Å². The van der Waals surface area contributed by atoms with Crippen molar-refractivity contribution in [2.24, 2.45) is 0 Å². The molecule has 0 aliphatic carbocycles. The number of urea groups is 1. The van der Waals surface area contributed by atoms with Gasteiger partial charge in [-0.15, -0.1) is 0 Å². The van der Waals surface area contributed by atoms with Gasteiger partial charge < -0.3 is 20.3 Å². The second-order valence-corrected chi connectivity index (χ2v) is 11.0. The molecule has 2 aromatic carbocycles. The van der Waals surface area contributed by atoms with E-state index < -0.39 is 18.3 Å². The molecule has 1 unspecified atom stereocenters. The molecule has 2 aliphatic rings. The Kier molecular flexibility index (Phi) is 8.35. The maximum absolute atomic E-state index is 13.5. The van der Waals surface area contributed by atoms with Gasteiger partial charge in [0.05, 0.1) is 16.8 Å². The zero-order valence-corrected chi connectivity index (χ0v) is 24.2. The van der Waals surface area contributed by atoms with E-state index in [1.807, 2.05) is 6.07 Å². The quantitative estimate of drug-likeness (QED) is 0.267. The van der Waals surface area contributed by atoms with Crippen LogP contribution in [-0.2, 0) is 24.4 Å². The first-order chi connectivity index (χ1) is 21.7. The van der Waals surface area contributed by atoms with Crippen molar-refractivity contribution >= 4 is 23.6 Å². The number of carbonyl (C=O) groups excluding carboxylic acids is 1. The summed E-state index contributed by atoms with van der Waals surface area (Å²) in [4.78, 5) is 31.9. The number of ether oxygens (including phenoxy) is 1. The summed E-state index contributed by atoms with van der Waals surface area (Å²) >= 11 is 0. The summed E-state index contributed by atoms with van der Waals surface area (Å²) in [6.07, 6.45) is 2.78. The van der Waals surface area contributed by atoms with Gasteiger partial charge in [0.25, 0.3) is 5.56 Å². The van der Waals surface area contributed by atoms with Gasteiger partial charge in [0.15, 0.2) is 6.21 Å². The normalized spacial score (nSPS) is 16.2. The number of carbonyl (C=O) groups is 1. The highest BCUT2D eigenvalue weighted by Gasteiger charge is 2.30. The molecule has 10 nitrogen and oxygen atoms in total.